The molecule has 0 spiro atoms. The molecule has 0 bridgehead atoms. The number of fused-ring (bicyclic) bond motifs is 5. The van der Waals surface area contributed by atoms with E-state index in [0.717, 1.165) is 38.5 Å². The second kappa shape index (κ2) is 11.6. The van der Waals surface area contributed by atoms with Crippen molar-refractivity contribution in [3.63, 3.8) is 0 Å². The first-order valence-electron chi connectivity index (χ1n) is 16.8. The van der Waals surface area contributed by atoms with E-state index in [1.54, 1.807) is 5.57 Å². The van der Waals surface area contributed by atoms with Crippen LogP contribution >= 0.6 is 0 Å². The third kappa shape index (κ3) is 5.48. The summed E-state index contributed by atoms with van der Waals surface area (Å²) in [6.45, 7) is 13.6. The zero-order valence-corrected chi connectivity index (χ0v) is 26.7. The number of allylic oxidation sites excluding steroid dienone is 1. The fourth-order valence-corrected chi connectivity index (χ4v) is 10.9. The van der Waals surface area contributed by atoms with Crippen LogP contribution in [-0.4, -0.2) is 52.1 Å². The van der Waals surface area contributed by atoms with Gasteiger partial charge in [-0.15, -0.1) is 6.42 Å². The Morgan fingerprint density at radius 2 is 1.93 bits per heavy atom. The van der Waals surface area contributed by atoms with Crippen LogP contribution in [0.3, 0.4) is 0 Å². The molecule has 3 N–H and O–H groups in total. The van der Waals surface area contributed by atoms with E-state index in [1.807, 2.05) is 13.8 Å². The molecule has 0 aromatic rings. The summed E-state index contributed by atoms with van der Waals surface area (Å²) in [6.07, 6.45) is 20.0. The molecule has 5 rings (SSSR count). The predicted molar refractivity (Wildman–Crippen MR) is 163 cm³/mol. The molecule has 4 aliphatic carbocycles. The molecule has 0 aromatic carbocycles. The summed E-state index contributed by atoms with van der Waals surface area (Å²) in [5, 5.41) is 30.1. The Hall–Kier alpha value is -0.900. The van der Waals surface area contributed by atoms with Gasteiger partial charge in [0.15, 0.2) is 6.29 Å². The highest BCUT2D eigenvalue weighted by atomic mass is 16.7. The summed E-state index contributed by atoms with van der Waals surface area (Å²) in [4.78, 5) is 0. The largest absolute Gasteiger partial charge is 0.394 e. The molecular weight excluding hydrogens is 512 g/mol. The Morgan fingerprint density at radius 1 is 1.17 bits per heavy atom. The second-order valence-corrected chi connectivity index (χ2v) is 15.9. The smallest absolute Gasteiger partial charge is 0.160 e. The van der Waals surface area contributed by atoms with Gasteiger partial charge in [-0.3, -0.25) is 0 Å². The lowest BCUT2D eigenvalue weighted by atomic mass is 9.39. The number of hydrogen-bond acceptors (Lipinski definition) is 5. The molecule has 3 unspecified atom stereocenters. The van der Waals surface area contributed by atoms with Crippen molar-refractivity contribution in [1.82, 2.24) is 0 Å². The molecule has 4 fully saturated rings. The molecule has 41 heavy (non-hydrogen) atoms. The first-order valence-corrected chi connectivity index (χ1v) is 16.8. The number of aliphatic hydroxyl groups excluding tert-OH is 2. The molecule has 232 valence electrons. The quantitative estimate of drug-likeness (QED) is 0.225. The minimum atomic E-state index is -0.589. The van der Waals surface area contributed by atoms with Gasteiger partial charge >= 0.3 is 0 Å². The van der Waals surface area contributed by atoms with Crippen LogP contribution < -0.4 is 0 Å². The minimum absolute atomic E-state index is 0.0564. The lowest BCUT2D eigenvalue weighted by Gasteiger charge is -2.64. The first kappa shape index (κ1) is 31.5. The van der Waals surface area contributed by atoms with Crippen LogP contribution in [0.1, 0.15) is 119 Å². The van der Waals surface area contributed by atoms with Crippen molar-refractivity contribution in [3.05, 3.63) is 11.6 Å². The maximum absolute atomic E-state index is 10.3. The maximum Gasteiger partial charge on any atom is 0.160 e. The molecule has 12 atom stereocenters. The van der Waals surface area contributed by atoms with Crippen molar-refractivity contribution in [2.45, 2.75) is 149 Å². The average Bonchev–Trinajstić information content (AvgIpc) is 3.22. The highest BCUT2D eigenvalue weighted by Crippen LogP contribution is 2.74. The molecular formula is C36H58O5. The number of terminal acetylenes is 1. The molecule has 0 radical (unpaired) electrons. The van der Waals surface area contributed by atoms with Crippen molar-refractivity contribution < 1.29 is 24.8 Å². The Labute approximate surface area is 249 Å². The van der Waals surface area contributed by atoms with E-state index in [-0.39, 0.29) is 35.1 Å². The van der Waals surface area contributed by atoms with E-state index in [9.17, 15) is 15.3 Å². The molecule has 1 aliphatic heterocycles. The van der Waals surface area contributed by atoms with Crippen LogP contribution in [-0.2, 0) is 9.47 Å². The van der Waals surface area contributed by atoms with Gasteiger partial charge in [-0.2, -0.15) is 0 Å². The standard InChI is InChI=1S/C36H58O5/c1-8-36-17-15-28(23(2)10-9-16-33(4,5)39)35(36,7)19-18-34(6)29-12-13-30(24(3)27(29)11-14-31(34)36)41-32-21-25(38)20-26(22-37)40-32/h1,11,23-26,28-32,37-39H,9-10,12-22H2,2-7H3/t23-,24-,25+,26+,28?,29?,30+,31?,32+,34+,35-,36+/m1/s1. The fourth-order valence-electron chi connectivity index (χ4n) is 10.9. The highest BCUT2D eigenvalue weighted by molar-refractivity contribution is 5.32. The van der Waals surface area contributed by atoms with Crippen LogP contribution in [0.5, 0.6) is 0 Å². The van der Waals surface area contributed by atoms with Gasteiger partial charge in [-0.05, 0) is 99.7 Å². The number of hydrogen-bond donors (Lipinski definition) is 3. The SMILES string of the molecule is C#C[C@@]12CCC([C@H](C)CCCC(C)(C)O)[C@@]1(C)CC[C@@]1(C)C3CC[C@H](O[C@H]4C[C@@H](O)C[C@@H](CO)O4)[C@H](C)C3=CCC12. The second-order valence-electron chi connectivity index (χ2n) is 15.9. The summed E-state index contributed by atoms with van der Waals surface area (Å²) in [7, 11) is 0. The highest BCUT2D eigenvalue weighted by Gasteiger charge is 2.68. The van der Waals surface area contributed by atoms with Crippen LogP contribution in [0.2, 0.25) is 0 Å². The van der Waals surface area contributed by atoms with Gasteiger partial charge in [0.1, 0.15) is 0 Å². The van der Waals surface area contributed by atoms with E-state index in [4.69, 9.17) is 15.9 Å². The van der Waals surface area contributed by atoms with Crippen molar-refractivity contribution in [1.29, 1.82) is 0 Å². The van der Waals surface area contributed by atoms with E-state index < -0.39 is 18.0 Å². The van der Waals surface area contributed by atoms with Crippen molar-refractivity contribution in [2.75, 3.05) is 6.61 Å². The molecule has 1 heterocycles. The Kier molecular flexibility index (Phi) is 8.88. The van der Waals surface area contributed by atoms with Gasteiger partial charge in [0.2, 0.25) is 0 Å². The lowest BCUT2D eigenvalue weighted by molar-refractivity contribution is -0.247. The lowest BCUT2D eigenvalue weighted by Crippen LogP contribution is -2.59. The number of rotatable bonds is 8. The van der Waals surface area contributed by atoms with Gasteiger partial charge in [-0.25, -0.2) is 0 Å². The third-order valence-corrected chi connectivity index (χ3v) is 13.1. The van der Waals surface area contributed by atoms with Crippen LogP contribution in [0.4, 0.5) is 0 Å². The van der Waals surface area contributed by atoms with Crippen molar-refractivity contribution in [3.8, 4) is 12.3 Å². The molecule has 1 saturated heterocycles. The van der Waals surface area contributed by atoms with Gasteiger partial charge in [0.05, 0.1) is 30.5 Å². The van der Waals surface area contributed by atoms with Gasteiger partial charge in [0.25, 0.3) is 0 Å². The zero-order valence-electron chi connectivity index (χ0n) is 26.7. The van der Waals surface area contributed by atoms with Crippen molar-refractivity contribution >= 4 is 0 Å². The summed E-state index contributed by atoms with van der Waals surface area (Å²) in [6, 6.07) is 0. The van der Waals surface area contributed by atoms with Crippen LogP contribution in [0.15, 0.2) is 11.6 Å². The van der Waals surface area contributed by atoms with Crippen molar-refractivity contribution in [2.24, 2.45) is 45.8 Å². The monoisotopic (exact) mass is 570 g/mol. The first-order chi connectivity index (χ1) is 19.3. The van der Waals surface area contributed by atoms with E-state index in [0.29, 0.717) is 42.4 Å². The molecule has 5 nitrogen and oxygen atoms in total. The Balaban J connectivity index is 1.33. The topological polar surface area (TPSA) is 79.2 Å². The van der Waals surface area contributed by atoms with Gasteiger partial charge in [0, 0.05) is 24.2 Å². The van der Waals surface area contributed by atoms with E-state index in [2.05, 4.69) is 39.7 Å². The fraction of sp³-hybridized carbons (Fsp3) is 0.889. The van der Waals surface area contributed by atoms with E-state index in [1.165, 1.54) is 25.7 Å². The molecule has 0 amide bonds. The van der Waals surface area contributed by atoms with Gasteiger partial charge < -0.3 is 24.8 Å². The number of ether oxygens (including phenoxy) is 2. The predicted octanol–water partition coefficient (Wildman–Crippen LogP) is 6.64. The third-order valence-electron chi connectivity index (χ3n) is 13.1. The Morgan fingerprint density at radius 3 is 2.61 bits per heavy atom. The van der Waals surface area contributed by atoms with Gasteiger partial charge in [-0.1, -0.05) is 58.1 Å². The molecule has 5 heteroatoms. The maximum atomic E-state index is 10.3. The number of aliphatic hydroxyl groups is 3. The normalized spacial score (nSPS) is 47.0. The average molecular weight is 571 g/mol. The minimum Gasteiger partial charge on any atom is -0.394 e. The summed E-state index contributed by atoms with van der Waals surface area (Å²) >= 11 is 0. The van der Waals surface area contributed by atoms with Crippen LogP contribution in [0, 0.1) is 58.2 Å². The zero-order chi connectivity index (χ0) is 29.8. The Bertz CT molecular complexity index is 1010. The summed E-state index contributed by atoms with van der Waals surface area (Å²) < 4.78 is 12.5. The summed E-state index contributed by atoms with van der Waals surface area (Å²) in [5.41, 5.74) is 1.28. The molecule has 3 saturated carbocycles. The van der Waals surface area contributed by atoms with E-state index >= 15 is 0 Å². The summed E-state index contributed by atoms with van der Waals surface area (Å²) in [5.74, 6) is 6.16. The molecule has 5 aliphatic rings. The molecule has 0 aromatic heterocycles. The van der Waals surface area contributed by atoms with Crippen LogP contribution in [0.25, 0.3) is 0 Å².